The van der Waals surface area contributed by atoms with Crippen LogP contribution in [0.4, 0.5) is 0 Å². The van der Waals surface area contributed by atoms with Crippen molar-refractivity contribution in [3.8, 4) is 5.69 Å². The Bertz CT molecular complexity index is 505. The fraction of sp³-hybridized carbons (Fsp3) is 0.250. The van der Waals surface area contributed by atoms with Crippen LogP contribution in [0.25, 0.3) is 5.69 Å². The van der Waals surface area contributed by atoms with Gasteiger partial charge in [-0.1, -0.05) is 23.4 Å². The highest BCUT2D eigenvalue weighted by molar-refractivity contribution is 5.86. The number of aromatic nitrogens is 3. The second kappa shape index (κ2) is 4.78. The molecule has 0 atom stereocenters. The number of benzene rings is 1. The van der Waals surface area contributed by atoms with Crippen LogP contribution in [0.2, 0.25) is 0 Å². The number of para-hydroxylation sites is 1. The topological polar surface area (TPSA) is 57.0 Å². The first-order valence-corrected chi connectivity index (χ1v) is 5.35. The molecule has 0 saturated carbocycles. The highest BCUT2D eigenvalue weighted by Gasteiger charge is 2.14. The molecular weight excluding hydrogens is 218 g/mol. The molecule has 2 rings (SSSR count). The van der Waals surface area contributed by atoms with Gasteiger partial charge < -0.3 is 4.74 Å². The second-order valence-electron chi connectivity index (χ2n) is 3.84. The Kier molecular flexibility index (Phi) is 3.18. The predicted molar refractivity (Wildman–Crippen MR) is 61.9 cm³/mol. The first kappa shape index (κ1) is 11.3. The van der Waals surface area contributed by atoms with Gasteiger partial charge >= 0.3 is 5.97 Å². The van der Waals surface area contributed by atoms with E-state index >= 15 is 0 Å². The van der Waals surface area contributed by atoms with Crippen LogP contribution in [0.5, 0.6) is 0 Å². The van der Waals surface area contributed by atoms with Crippen LogP contribution < -0.4 is 0 Å². The lowest BCUT2D eigenvalue weighted by Crippen LogP contribution is -2.11. The van der Waals surface area contributed by atoms with Crippen LogP contribution >= 0.6 is 0 Å². The maximum Gasteiger partial charge on any atom is 0.360 e. The summed E-state index contributed by atoms with van der Waals surface area (Å²) in [7, 11) is 0. The van der Waals surface area contributed by atoms with Gasteiger partial charge in [-0.15, -0.1) is 5.10 Å². The van der Waals surface area contributed by atoms with Gasteiger partial charge in [0, 0.05) is 0 Å². The van der Waals surface area contributed by atoms with Crippen molar-refractivity contribution in [2.45, 2.75) is 20.0 Å². The minimum atomic E-state index is -0.456. The van der Waals surface area contributed by atoms with Crippen LogP contribution in [0.1, 0.15) is 24.3 Å². The Morgan fingerprint density at radius 1 is 1.29 bits per heavy atom. The average Bonchev–Trinajstić information content (AvgIpc) is 2.78. The first-order valence-electron chi connectivity index (χ1n) is 5.35. The smallest absolute Gasteiger partial charge is 0.360 e. The van der Waals surface area contributed by atoms with Gasteiger partial charge in [0.2, 0.25) is 0 Å². The maximum atomic E-state index is 11.6. The number of hydrogen-bond donors (Lipinski definition) is 0. The second-order valence-corrected chi connectivity index (χ2v) is 3.84. The summed E-state index contributed by atoms with van der Waals surface area (Å²) in [4.78, 5) is 11.6. The third kappa shape index (κ3) is 2.69. The van der Waals surface area contributed by atoms with Crippen molar-refractivity contribution in [3.05, 3.63) is 42.2 Å². The number of hydrogen-bond acceptors (Lipinski definition) is 4. The van der Waals surface area contributed by atoms with E-state index in [1.807, 2.05) is 30.3 Å². The number of carbonyl (C=O) groups excluding carboxylic acids is 1. The van der Waals surface area contributed by atoms with E-state index in [4.69, 9.17) is 4.74 Å². The van der Waals surface area contributed by atoms with Gasteiger partial charge in [0.05, 0.1) is 18.0 Å². The monoisotopic (exact) mass is 231 g/mol. The van der Waals surface area contributed by atoms with Crippen LogP contribution in [0.15, 0.2) is 36.5 Å². The molecule has 2 aromatic rings. The van der Waals surface area contributed by atoms with Gasteiger partial charge in [0.15, 0.2) is 5.69 Å². The van der Waals surface area contributed by atoms with Crippen molar-refractivity contribution in [1.82, 2.24) is 15.0 Å². The lowest BCUT2D eigenvalue weighted by Gasteiger charge is -2.04. The van der Waals surface area contributed by atoms with Crippen molar-refractivity contribution in [2.75, 3.05) is 0 Å². The van der Waals surface area contributed by atoms with E-state index in [9.17, 15) is 4.79 Å². The van der Waals surface area contributed by atoms with Crippen molar-refractivity contribution in [2.24, 2.45) is 0 Å². The zero-order valence-corrected chi connectivity index (χ0v) is 9.70. The molecule has 0 spiro atoms. The maximum absolute atomic E-state index is 11.6. The van der Waals surface area contributed by atoms with Gasteiger partial charge in [-0.3, -0.25) is 0 Å². The Labute approximate surface area is 99.0 Å². The molecule has 17 heavy (non-hydrogen) atoms. The highest BCUT2D eigenvalue weighted by Crippen LogP contribution is 2.07. The summed E-state index contributed by atoms with van der Waals surface area (Å²) in [5.41, 5.74) is 1.06. The number of esters is 1. The molecule has 5 heteroatoms. The number of nitrogens with zero attached hydrogens (tertiary/aromatic N) is 3. The molecule has 0 fully saturated rings. The lowest BCUT2D eigenvalue weighted by molar-refractivity contribution is 0.0371. The minimum Gasteiger partial charge on any atom is -0.458 e. The molecule has 0 unspecified atom stereocenters. The standard InChI is InChI=1S/C12H13N3O2/c1-9(2)17-12(16)11-8-15(14-13-11)10-6-4-3-5-7-10/h3-9H,1-2H3. The number of carbonyl (C=O) groups is 1. The lowest BCUT2D eigenvalue weighted by atomic mass is 10.3. The van der Waals surface area contributed by atoms with E-state index in [-0.39, 0.29) is 11.8 Å². The average molecular weight is 231 g/mol. The van der Waals surface area contributed by atoms with Gasteiger partial charge in [-0.2, -0.15) is 0 Å². The molecule has 0 N–H and O–H groups in total. The molecule has 0 radical (unpaired) electrons. The zero-order valence-electron chi connectivity index (χ0n) is 9.70. The van der Waals surface area contributed by atoms with Crippen molar-refractivity contribution < 1.29 is 9.53 Å². The van der Waals surface area contributed by atoms with Gasteiger partial charge in [-0.25, -0.2) is 9.48 Å². The third-order valence-electron chi connectivity index (χ3n) is 2.07. The van der Waals surface area contributed by atoms with Crippen LogP contribution in [0.3, 0.4) is 0 Å². The highest BCUT2D eigenvalue weighted by atomic mass is 16.5. The molecule has 88 valence electrons. The van der Waals surface area contributed by atoms with E-state index in [1.165, 1.54) is 4.68 Å². The Morgan fingerprint density at radius 3 is 2.65 bits per heavy atom. The normalized spacial score (nSPS) is 10.5. The molecular formula is C12H13N3O2. The SMILES string of the molecule is CC(C)OC(=O)c1cn(-c2ccccc2)nn1. The van der Waals surface area contributed by atoms with Crippen molar-refractivity contribution in [3.63, 3.8) is 0 Å². The Morgan fingerprint density at radius 2 is 2.00 bits per heavy atom. The number of rotatable bonds is 3. The summed E-state index contributed by atoms with van der Waals surface area (Å²) >= 11 is 0. The Balaban J connectivity index is 2.19. The fourth-order valence-electron chi connectivity index (χ4n) is 1.34. The quantitative estimate of drug-likeness (QED) is 0.756. The summed E-state index contributed by atoms with van der Waals surface area (Å²) < 4.78 is 6.57. The largest absolute Gasteiger partial charge is 0.458 e. The van der Waals surface area contributed by atoms with Crippen molar-refractivity contribution >= 4 is 5.97 Å². The predicted octanol–water partition coefficient (Wildman–Crippen LogP) is 1.83. The molecule has 1 heterocycles. The fourth-order valence-corrected chi connectivity index (χ4v) is 1.34. The molecule has 0 saturated heterocycles. The summed E-state index contributed by atoms with van der Waals surface area (Å²) in [6, 6.07) is 9.46. The molecule has 0 aliphatic carbocycles. The molecule has 0 bridgehead atoms. The molecule has 0 aliphatic heterocycles. The van der Waals surface area contributed by atoms with Gasteiger partial charge in [-0.05, 0) is 26.0 Å². The van der Waals surface area contributed by atoms with E-state index in [2.05, 4.69) is 10.3 Å². The van der Waals surface area contributed by atoms with Crippen molar-refractivity contribution in [1.29, 1.82) is 0 Å². The molecule has 0 amide bonds. The van der Waals surface area contributed by atoms with Gasteiger partial charge in [0.1, 0.15) is 0 Å². The molecule has 0 aliphatic rings. The summed E-state index contributed by atoms with van der Waals surface area (Å²) in [6.07, 6.45) is 1.39. The Hall–Kier alpha value is -2.17. The minimum absolute atomic E-state index is 0.163. The number of ether oxygens (including phenoxy) is 1. The summed E-state index contributed by atoms with van der Waals surface area (Å²) in [6.45, 7) is 3.58. The van der Waals surface area contributed by atoms with E-state index in [1.54, 1.807) is 20.0 Å². The third-order valence-corrected chi connectivity index (χ3v) is 2.07. The van der Waals surface area contributed by atoms with E-state index in [0.29, 0.717) is 0 Å². The molecule has 1 aromatic heterocycles. The van der Waals surface area contributed by atoms with E-state index < -0.39 is 5.97 Å². The molecule has 5 nitrogen and oxygen atoms in total. The van der Waals surface area contributed by atoms with E-state index in [0.717, 1.165) is 5.69 Å². The summed E-state index contributed by atoms with van der Waals surface area (Å²) in [5.74, 6) is -0.456. The zero-order chi connectivity index (χ0) is 12.3. The molecule has 1 aromatic carbocycles. The van der Waals surface area contributed by atoms with Crippen LogP contribution in [-0.4, -0.2) is 27.1 Å². The van der Waals surface area contributed by atoms with Crippen LogP contribution in [-0.2, 0) is 4.74 Å². The first-order chi connectivity index (χ1) is 8.16. The van der Waals surface area contributed by atoms with Gasteiger partial charge in [0.25, 0.3) is 0 Å². The summed E-state index contributed by atoms with van der Waals surface area (Å²) in [5, 5.41) is 7.66. The van der Waals surface area contributed by atoms with Crippen LogP contribution in [0, 0.1) is 0 Å².